The van der Waals surface area contributed by atoms with Crippen LogP contribution in [0.4, 0.5) is 0 Å². The number of aryl methyl sites for hydroxylation is 1. The summed E-state index contributed by atoms with van der Waals surface area (Å²) >= 11 is 1.51. The van der Waals surface area contributed by atoms with Crippen LogP contribution < -0.4 is 5.56 Å². The standard InChI is InChI=1S/C20H17N3O4S/c1-3-26-20(25)15-12(2)27-17-16(15)19(24)23(11-21-17)9-14-10-28-18(22-14)13-7-5-4-6-8-13/h4-8,10-11H,3,9H2,1-2H3. The van der Waals surface area contributed by atoms with Crippen LogP contribution in [0.15, 0.2) is 51.3 Å². The van der Waals surface area contributed by atoms with Crippen molar-refractivity contribution in [2.24, 2.45) is 0 Å². The number of carbonyl (C=O) groups excluding carboxylic acids is 1. The molecule has 0 radical (unpaired) electrons. The predicted molar refractivity (Wildman–Crippen MR) is 106 cm³/mol. The summed E-state index contributed by atoms with van der Waals surface area (Å²) in [7, 11) is 0. The van der Waals surface area contributed by atoms with Gasteiger partial charge >= 0.3 is 5.97 Å². The first kappa shape index (κ1) is 18.1. The molecule has 142 valence electrons. The van der Waals surface area contributed by atoms with Gasteiger partial charge in [-0.1, -0.05) is 30.3 Å². The van der Waals surface area contributed by atoms with Gasteiger partial charge in [-0.25, -0.2) is 14.8 Å². The van der Waals surface area contributed by atoms with Crippen LogP contribution in [0.3, 0.4) is 0 Å². The number of furan rings is 1. The molecule has 0 aliphatic rings. The number of hydrogen-bond acceptors (Lipinski definition) is 7. The molecule has 4 aromatic rings. The van der Waals surface area contributed by atoms with Gasteiger partial charge in [-0.15, -0.1) is 11.3 Å². The van der Waals surface area contributed by atoms with Crippen molar-refractivity contribution in [1.29, 1.82) is 0 Å². The van der Waals surface area contributed by atoms with Crippen molar-refractivity contribution in [3.8, 4) is 10.6 Å². The maximum Gasteiger partial charge on any atom is 0.342 e. The van der Waals surface area contributed by atoms with E-state index in [-0.39, 0.29) is 35.4 Å². The van der Waals surface area contributed by atoms with Crippen molar-refractivity contribution < 1.29 is 13.9 Å². The average molecular weight is 395 g/mol. The van der Waals surface area contributed by atoms with E-state index in [4.69, 9.17) is 9.15 Å². The molecule has 4 rings (SSSR count). The molecule has 0 N–H and O–H groups in total. The molecule has 0 aliphatic heterocycles. The quantitative estimate of drug-likeness (QED) is 0.480. The van der Waals surface area contributed by atoms with Gasteiger partial charge in [0.1, 0.15) is 28.0 Å². The van der Waals surface area contributed by atoms with Crippen LogP contribution in [-0.2, 0) is 11.3 Å². The van der Waals surface area contributed by atoms with Crippen molar-refractivity contribution in [2.75, 3.05) is 6.61 Å². The zero-order valence-corrected chi connectivity index (χ0v) is 16.2. The van der Waals surface area contributed by atoms with E-state index in [0.29, 0.717) is 5.76 Å². The molecule has 28 heavy (non-hydrogen) atoms. The number of hydrogen-bond donors (Lipinski definition) is 0. The van der Waals surface area contributed by atoms with E-state index in [9.17, 15) is 9.59 Å². The summed E-state index contributed by atoms with van der Waals surface area (Å²) in [6, 6.07) is 9.84. The van der Waals surface area contributed by atoms with Gasteiger partial charge in [0.25, 0.3) is 5.56 Å². The summed E-state index contributed by atoms with van der Waals surface area (Å²) in [5.74, 6) is -0.272. The average Bonchev–Trinajstić information content (AvgIpc) is 3.29. The summed E-state index contributed by atoms with van der Waals surface area (Å²) in [5.41, 5.74) is 1.66. The fourth-order valence-corrected chi connectivity index (χ4v) is 3.78. The molecular formula is C20H17N3O4S. The molecule has 0 saturated carbocycles. The minimum absolute atomic E-state index is 0.130. The smallest absolute Gasteiger partial charge is 0.342 e. The molecule has 0 spiro atoms. The number of fused-ring (bicyclic) bond motifs is 1. The lowest BCUT2D eigenvalue weighted by Gasteiger charge is -2.04. The highest BCUT2D eigenvalue weighted by atomic mass is 32.1. The Morgan fingerprint density at radius 2 is 2.07 bits per heavy atom. The summed E-state index contributed by atoms with van der Waals surface area (Å²) in [4.78, 5) is 34.0. The Bertz CT molecular complexity index is 1210. The summed E-state index contributed by atoms with van der Waals surface area (Å²) in [6.07, 6.45) is 1.41. The Labute approximate surface area is 164 Å². The summed E-state index contributed by atoms with van der Waals surface area (Å²) in [6.45, 7) is 3.78. The Balaban J connectivity index is 1.71. The van der Waals surface area contributed by atoms with Gasteiger partial charge in [-0.05, 0) is 13.8 Å². The van der Waals surface area contributed by atoms with E-state index in [2.05, 4.69) is 9.97 Å². The highest BCUT2D eigenvalue weighted by Gasteiger charge is 2.24. The van der Waals surface area contributed by atoms with Crippen molar-refractivity contribution in [1.82, 2.24) is 14.5 Å². The van der Waals surface area contributed by atoms with Gasteiger partial charge < -0.3 is 9.15 Å². The number of carbonyl (C=O) groups is 1. The minimum Gasteiger partial charge on any atom is -0.462 e. The molecule has 3 heterocycles. The number of thiazole rings is 1. The molecule has 8 heteroatoms. The molecular weight excluding hydrogens is 378 g/mol. The lowest BCUT2D eigenvalue weighted by Crippen LogP contribution is -2.22. The largest absolute Gasteiger partial charge is 0.462 e. The van der Waals surface area contributed by atoms with E-state index in [1.807, 2.05) is 35.7 Å². The van der Waals surface area contributed by atoms with Gasteiger partial charge in [-0.2, -0.15) is 0 Å². The Hall–Kier alpha value is -3.26. The van der Waals surface area contributed by atoms with E-state index in [1.165, 1.54) is 22.2 Å². The number of esters is 1. The van der Waals surface area contributed by atoms with Crippen LogP contribution in [0.25, 0.3) is 21.7 Å². The molecule has 0 aliphatic carbocycles. The fraction of sp³-hybridized carbons (Fsp3) is 0.200. The normalized spacial score (nSPS) is 11.1. The second-order valence-electron chi connectivity index (χ2n) is 6.12. The second kappa shape index (κ2) is 7.40. The van der Waals surface area contributed by atoms with Crippen LogP contribution in [0, 0.1) is 6.92 Å². The lowest BCUT2D eigenvalue weighted by atomic mass is 10.2. The van der Waals surface area contributed by atoms with Gasteiger partial charge in [0.15, 0.2) is 0 Å². The van der Waals surface area contributed by atoms with Gasteiger partial charge in [0.05, 0.1) is 18.8 Å². The van der Waals surface area contributed by atoms with Crippen molar-refractivity contribution in [3.63, 3.8) is 0 Å². The molecule has 3 aromatic heterocycles. The zero-order chi connectivity index (χ0) is 19.7. The third-order valence-electron chi connectivity index (χ3n) is 4.24. The van der Waals surface area contributed by atoms with Crippen molar-refractivity contribution in [2.45, 2.75) is 20.4 Å². The Kier molecular flexibility index (Phi) is 4.79. The Morgan fingerprint density at radius 1 is 1.29 bits per heavy atom. The Morgan fingerprint density at radius 3 is 2.82 bits per heavy atom. The number of ether oxygens (including phenoxy) is 1. The molecule has 0 fully saturated rings. The molecule has 0 atom stereocenters. The fourth-order valence-electron chi connectivity index (χ4n) is 2.97. The van der Waals surface area contributed by atoms with Gasteiger partial charge in [0, 0.05) is 10.9 Å². The van der Waals surface area contributed by atoms with Crippen LogP contribution >= 0.6 is 11.3 Å². The molecule has 7 nitrogen and oxygen atoms in total. The SMILES string of the molecule is CCOC(=O)c1c(C)oc2ncn(Cc3csc(-c4ccccc4)n3)c(=O)c12. The van der Waals surface area contributed by atoms with Gasteiger partial charge in [0.2, 0.25) is 5.71 Å². The molecule has 0 unspecified atom stereocenters. The predicted octanol–water partition coefficient (Wildman–Crippen LogP) is 3.65. The van der Waals surface area contributed by atoms with Crippen LogP contribution in [0.1, 0.15) is 28.7 Å². The topological polar surface area (TPSA) is 87.2 Å². The van der Waals surface area contributed by atoms with E-state index in [0.717, 1.165) is 16.3 Å². The highest BCUT2D eigenvalue weighted by molar-refractivity contribution is 7.13. The van der Waals surface area contributed by atoms with E-state index >= 15 is 0 Å². The third-order valence-corrected chi connectivity index (χ3v) is 5.18. The first-order valence-electron chi connectivity index (χ1n) is 8.74. The van der Waals surface area contributed by atoms with Gasteiger partial charge in [-0.3, -0.25) is 9.36 Å². The van der Waals surface area contributed by atoms with E-state index in [1.54, 1.807) is 13.8 Å². The summed E-state index contributed by atoms with van der Waals surface area (Å²) in [5, 5.41) is 2.92. The monoisotopic (exact) mass is 395 g/mol. The van der Waals surface area contributed by atoms with Crippen LogP contribution in [0.2, 0.25) is 0 Å². The maximum atomic E-state index is 13.0. The maximum absolute atomic E-state index is 13.0. The number of nitrogens with zero attached hydrogens (tertiary/aromatic N) is 3. The number of benzene rings is 1. The van der Waals surface area contributed by atoms with E-state index < -0.39 is 5.97 Å². The molecule has 1 aromatic carbocycles. The second-order valence-corrected chi connectivity index (χ2v) is 6.98. The minimum atomic E-state index is -0.588. The van der Waals surface area contributed by atoms with Crippen molar-refractivity contribution in [3.05, 3.63) is 69.4 Å². The third kappa shape index (κ3) is 3.22. The molecule has 0 amide bonds. The summed E-state index contributed by atoms with van der Waals surface area (Å²) < 4.78 is 12.0. The highest BCUT2D eigenvalue weighted by Crippen LogP contribution is 2.24. The molecule has 0 bridgehead atoms. The van der Waals surface area contributed by atoms with Crippen LogP contribution in [-0.4, -0.2) is 27.1 Å². The number of aromatic nitrogens is 3. The van der Waals surface area contributed by atoms with Crippen LogP contribution in [0.5, 0.6) is 0 Å². The molecule has 0 saturated heterocycles. The number of rotatable bonds is 5. The zero-order valence-electron chi connectivity index (χ0n) is 15.3. The van der Waals surface area contributed by atoms with Crippen molar-refractivity contribution >= 4 is 28.4 Å². The lowest BCUT2D eigenvalue weighted by molar-refractivity contribution is 0.0526. The first-order valence-corrected chi connectivity index (χ1v) is 9.62. The first-order chi connectivity index (χ1) is 13.6.